The molecule has 4 rings (SSSR count). The van der Waals surface area contributed by atoms with Gasteiger partial charge in [-0.15, -0.1) is 6.42 Å². The first-order valence-electron chi connectivity index (χ1n) is 12.7. The average molecular weight is 562 g/mol. The number of anilines is 1. The Morgan fingerprint density at radius 3 is 2.41 bits per heavy atom. The number of benzene rings is 3. The molecule has 0 saturated carbocycles. The minimum absolute atomic E-state index is 0.00359. The summed E-state index contributed by atoms with van der Waals surface area (Å²) in [7, 11) is 0. The Hall–Kier alpha value is -3.56. The van der Waals surface area contributed by atoms with Gasteiger partial charge >= 0.3 is 5.97 Å². The Kier molecular flexibility index (Phi) is 9.14. The zero-order valence-electron chi connectivity index (χ0n) is 21.9. The van der Waals surface area contributed by atoms with E-state index < -0.39 is 11.5 Å². The Balaban J connectivity index is 1.64. The van der Waals surface area contributed by atoms with Gasteiger partial charge in [0.1, 0.15) is 5.57 Å². The fourth-order valence-electron chi connectivity index (χ4n) is 5.18. The van der Waals surface area contributed by atoms with Crippen LogP contribution in [-0.4, -0.2) is 37.5 Å². The summed E-state index contributed by atoms with van der Waals surface area (Å²) in [6.07, 6.45) is 7.48. The Labute approximate surface area is 239 Å². The molecule has 1 aliphatic heterocycles. The molecular weight excluding hydrogens is 531 g/mol. The van der Waals surface area contributed by atoms with Gasteiger partial charge in [-0.25, -0.2) is 4.79 Å². The van der Waals surface area contributed by atoms with Crippen molar-refractivity contribution in [2.45, 2.75) is 31.8 Å². The van der Waals surface area contributed by atoms with Gasteiger partial charge in [-0.3, -0.25) is 4.79 Å². The van der Waals surface area contributed by atoms with Crippen molar-refractivity contribution in [3.05, 3.63) is 105 Å². The third kappa shape index (κ3) is 6.37. The zero-order chi connectivity index (χ0) is 28.0. The van der Waals surface area contributed by atoms with Crippen molar-refractivity contribution in [1.29, 1.82) is 0 Å². The van der Waals surface area contributed by atoms with Gasteiger partial charge in [0.2, 0.25) is 0 Å². The maximum Gasteiger partial charge on any atom is 0.341 e. The minimum Gasteiger partial charge on any atom is -0.462 e. The molecule has 200 valence electrons. The first-order valence-corrected chi connectivity index (χ1v) is 13.5. The Morgan fingerprint density at radius 2 is 1.77 bits per heavy atom. The molecule has 0 radical (unpaired) electrons. The van der Waals surface area contributed by atoms with E-state index in [0.29, 0.717) is 27.6 Å². The van der Waals surface area contributed by atoms with Gasteiger partial charge in [0.15, 0.2) is 5.78 Å². The predicted octanol–water partition coefficient (Wildman–Crippen LogP) is 6.27. The lowest BCUT2D eigenvalue weighted by molar-refractivity contribution is -0.140. The van der Waals surface area contributed by atoms with E-state index in [1.165, 1.54) is 13.0 Å². The molecule has 1 N–H and O–H groups in total. The van der Waals surface area contributed by atoms with E-state index in [2.05, 4.69) is 23.1 Å². The molecule has 1 fully saturated rings. The van der Waals surface area contributed by atoms with Crippen molar-refractivity contribution in [3.8, 4) is 12.3 Å². The van der Waals surface area contributed by atoms with E-state index in [-0.39, 0.29) is 24.0 Å². The summed E-state index contributed by atoms with van der Waals surface area (Å²) >= 11 is 12.4. The lowest BCUT2D eigenvalue weighted by Crippen LogP contribution is -2.64. The van der Waals surface area contributed by atoms with E-state index in [9.17, 15) is 9.59 Å². The molecule has 2 atom stereocenters. The Bertz CT molecular complexity index is 1410. The second kappa shape index (κ2) is 12.5. The largest absolute Gasteiger partial charge is 0.462 e. The van der Waals surface area contributed by atoms with Crippen LogP contribution in [0, 0.1) is 12.3 Å². The smallest absolute Gasteiger partial charge is 0.341 e. The highest BCUT2D eigenvalue weighted by Gasteiger charge is 2.46. The quantitative estimate of drug-likeness (QED) is 0.115. The number of rotatable bonds is 8. The molecule has 2 unspecified atom stereocenters. The van der Waals surface area contributed by atoms with Crippen LogP contribution in [0.15, 0.2) is 78.4 Å². The highest BCUT2D eigenvalue weighted by atomic mass is 35.5. The highest BCUT2D eigenvalue weighted by Crippen LogP contribution is 2.41. The number of nitrogens with one attached hydrogen (secondary N) is 1. The molecule has 3 aromatic rings. The average Bonchev–Trinajstić information content (AvgIpc) is 2.93. The third-order valence-electron chi connectivity index (χ3n) is 7.15. The summed E-state index contributed by atoms with van der Waals surface area (Å²) in [6.45, 7) is 5.08. The maximum atomic E-state index is 13.1. The third-order valence-corrected chi connectivity index (χ3v) is 7.65. The molecule has 0 aliphatic carbocycles. The van der Waals surface area contributed by atoms with Gasteiger partial charge in [-0.05, 0) is 79.6 Å². The van der Waals surface area contributed by atoms with Crippen molar-refractivity contribution in [2.24, 2.45) is 0 Å². The minimum atomic E-state index is -0.672. The van der Waals surface area contributed by atoms with Crippen molar-refractivity contribution in [3.63, 3.8) is 0 Å². The maximum absolute atomic E-state index is 13.1. The van der Waals surface area contributed by atoms with Crippen molar-refractivity contribution in [1.82, 2.24) is 5.32 Å². The van der Waals surface area contributed by atoms with Gasteiger partial charge < -0.3 is 15.0 Å². The molecular formula is C32H30Cl2N2O3. The lowest BCUT2D eigenvalue weighted by atomic mass is 9.77. The number of halogens is 2. The van der Waals surface area contributed by atoms with Crippen LogP contribution in [0.25, 0.3) is 6.08 Å². The molecule has 7 heteroatoms. The van der Waals surface area contributed by atoms with Gasteiger partial charge in [-0.1, -0.05) is 53.4 Å². The van der Waals surface area contributed by atoms with Crippen LogP contribution in [0.4, 0.5) is 5.69 Å². The van der Waals surface area contributed by atoms with E-state index in [0.717, 1.165) is 24.3 Å². The number of ether oxygens (including phenoxy) is 1. The van der Waals surface area contributed by atoms with E-state index in [4.69, 9.17) is 34.4 Å². The fourth-order valence-corrected chi connectivity index (χ4v) is 5.43. The number of nitrogens with zero attached hydrogens (tertiary/aromatic N) is 1. The normalized spacial score (nSPS) is 19.3. The molecule has 5 nitrogen and oxygen atoms in total. The number of Topliss-reactive ketones (excluding diaryl/α,β-unsaturated/α-hetero) is 1. The molecule has 3 aromatic carbocycles. The summed E-state index contributed by atoms with van der Waals surface area (Å²) in [5.41, 5.74) is 2.75. The molecule has 1 aliphatic rings. The van der Waals surface area contributed by atoms with Crippen LogP contribution >= 0.6 is 23.2 Å². The van der Waals surface area contributed by atoms with E-state index in [1.54, 1.807) is 24.3 Å². The molecule has 39 heavy (non-hydrogen) atoms. The molecule has 0 spiro atoms. The van der Waals surface area contributed by atoms with Gasteiger partial charge in [0.05, 0.1) is 12.1 Å². The summed E-state index contributed by atoms with van der Waals surface area (Å²) in [4.78, 5) is 27.8. The second-order valence-electron chi connectivity index (χ2n) is 9.50. The number of carbonyl (C=O) groups excluding carboxylic acids is 2. The van der Waals surface area contributed by atoms with Gasteiger partial charge in [0, 0.05) is 46.8 Å². The first-order chi connectivity index (χ1) is 18.7. The standard InChI is InChI=1S/C32H30Cl2N2O3/c1-4-24-6-5-7-25(20-24)21-30(22(2)37)31(38)39-19-16-32(26-8-10-27(33)11-9-26)23(3)35-17-18-36(32)29-14-12-28(34)13-15-29/h1,5-15,20-21,23,35H,16-19H2,2-3H3. The predicted molar refractivity (Wildman–Crippen MR) is 158 cm³/mol. The topological polar surface area (TPSA) is 58.6 Å². The first kappa shape index (κ1) is 28.4. The molecule has 0 amide bonds. The number of hydrogen-bond acceptors (Lipinski definition) is 5. The second-order valence-corrected chi connectivity index (χ2v) is 10.4. The summed E-state index contributed by atoms with van der Waals surface area (Å²) < 4.78 is 5.75. The van der Waals surface area contributed by atoms with Gasteiger partial charge in [-0.2, -0.15) is 0 Å². The summed E-state index contributed by atoms with van der Waals surface area (Å²) in [6, 6.07) is 22.6. The molecule has 0 aromatic heterocycles. The fraction of sp³-hybridized carbons (Fsp3) is 0.250. The number of piperazine rings is 1. The van der Waals surface area contributed by atoms with Crippen molar-refractivity contribution >= 4 is 46.7 Å². The van der Waals surface area contributed by atoms with Crippen LogP contribution in [0.1, 0.15) is 37.0 Å². The van der Waals surface area contributed by atoms with E-state index >= 15 is 0 Å². The number of carbonyl (C=O) groups is 2. The SMILES string of the molecule is C#Cc1cccc(C=C(C(C)=O)C(=O)OCCC2(c3ccc(Cl)cc3)C(C)NCCN2c2ccc(Cl)cc2)c1. The van der Waals surface area contributed by atoms with Crippen LogP contribution in [0.3, 0.4) is 0 Å². The van der Waals surface area contributed by atoms with Gasteiger partial charge in [0.25, 0.3) is 0 Å². The molecule has 1 heterocycles. The van der Waals surface area contributed by atoms with Crippen LogP contribution in [0.2, 0.25) is 10.0 Å². The number of esters is 1. The Morgan fingerprint density at radius 1 is 1.10 bits per heavy atom. The molecule has 1 saturated heterocycles. The summed E-state index contributed by atoms with van der Waals surface area (Å²) in [5, 5.41) is 4.89. The highest BCUT2D eigenvalue weighted by molar-refractivity contribution is 6.30. The van der Waals surface area contributed by atoms with Crippen LogP contribution in [-0.2, 0) is 19.9 Å². The monoisotopic (exact) mass is 560 g/mol. The van der Waals surface area contributed by atoms with E-state index in [1.807, 2.05) is 48.5 Å². The number of ketones is 1. The molecule has 0 bridgehead atoms. The summed E-state index contributed by atoms with van der Waals surface area (Å²) in [5.74, 6) is 1.51. The van der Waals surface area contributed by atoms with Crippen LogP contribution < -0.4 is 10.2 Å². The van der Waals surface area contributed by atoms with Crippen LogP contribution in [0.5, 0.6) is 0 Å². The van der Waals surface area contributed by atoms with Crippen molar-refractivity contribution in [2.75, 3.05) is 24.6 Å². The lowest BCUT2D eigenvalue weighted by Gasteiger charge is -2.53. The number of hydrogen-bond donors (Lipinski definition) is 1. The van der Waals surface area contributed by atoms with Crippen molar-refractivity contribution < 1.29 is 14.3 Å². The number of terminal acetylenes is 1. The zero-order valence-corrected chi connectivity index (χ0v) is 23.4.